The van der Waals surface area contributed by atoms with Crippen molar-refractivity contribution in [3.63, 3.8) is 0 Å². The Labute approximate surface area is 172 Å². The second kappa shape index (κ2) is 10.7. The maximum absolute atomic E-state index is 12.6. The summed E-state index contributed by atoms with van der Waals surface area (Å²) in [5, 5.41) is 2.91. The zero-order valence-electron chi connectivity index (χ0n) is 17.1. The number of carbonyl (C=O) groups excluding carboxylic acids is 1. The van der Waals surface area contributed by atoms with Crippen molar-refractivity contribution >= 4 is 17.4 Å². The van der Waals surface area contributed by atoms with Gasteiger partial charge in [0.2, 0.25) is 0 Å². The minimum absolute atomic E-state index is 0.213. The zero-order valence-corrected chi connectivity index (χ0v) is 17.1. The SMILES string of the molecule is CCCOc1ccc(NC(=O)c2ccc(N3CCOCC3)nc2)cc1OCCC. The fourth-order valence-electron chi connectivity index (χ4n) is 2.95. The van der Waals surface area contributed by atoms with Gasteiger partial charge in [-0.3, -0.25) is 4.79 Å². The number of aromatic nitrogens is 1. The molecule has 1 aromatic carbocycles. The number of pyridine rings is 1. The number of rotatable bonds is 9. The molecular formula is C22H29N3O4. The second-order valence-electron chi connectivity index (χ2n) is 6.82. The van der Waals surface area contributed by atoms with Gasteiger partial charge in [-0.25, -0.2) is 4.98 Å². The van der Waals surface area contributed by atoms with E-state index in [1.807, 2.05) is 25.1 Å². The number of nitrogens with one attached hydrogen (secondary N) is 1. The van der Waals surface area contributed by atoms with Gasteiger partial charge in [0, 0.05) is 31.0 Å². The van der Waals surface area contributed by atoms with Crippen LogP contribution in [0.3, 0.4) is 0 Å². The van der Waals surface area contributed by atoms with Crippen molar-refractivity contribution in [3.8, 4) is 11.5 Å². The second-order valence-corrected chi connectivity index (χ2v) is 6.82. The highest BCUT2D eigenvalue weighted by Crippen LogP contribution is 2.31. The Morgan fingerprint density at radius 1 is 1.07 bits per heavy atom. The van der Waals surface area contributed by atoms with Gasteiger partial charge in [0.05, 0.1) is 32.0 Å². The summed E-state index contributed by atoms with van der Waals surface area (Å²) >= 11 is 0. The number of carbonyl (C=O) groups is 1. The summed E-state index contributed by atoms with van der Waals surface area (Å²) in [6, 6.07) is 9.11. The Morgan fingerprint density at radius 3 is 2.45 bits per heavy atom. The summed E-state index contributed by atoms with van der Waals surface area (Å²) in [4.78, 5) is 19.2. The molecule has 1 N–H and O–H groups in total. The molecule has 0 atom stereocenters. The number of hydrogen-bond acceptors (Lipinski definition) is 6. The molecule has 0 saturated carbocycles. The van der Waals surface area contributed by atoms with Crippen LogP contribution in [0.25, 0.3) is 0 Å². The van der Waals surface area contributed by atoms with E-state index in [9.17, 15) is 4.79 Å². The minimum Gasteiger partial charge on any atom is -0.490 e. The third-order valence-corrected chi connectivity index (χ3v) is 4.47. The lowest BCUT2D eigenvalue weighted by Gasteiger charge is -2.27. The first-order valence-electron chi connectivity index (χ1n) is 10.2. The van der Waals surface area contributed by atoms with E-state index in [1.165, 1.54) is 0 Å². The molecule has 1 saturated heterocycles. The number of benzene rings is 1. The largest absolute Gasteiger partial charge is 0.490 e. The first-order valence-corrected chi connectivity index (χ1v) is 10.2. The number of hydrogen-bond donors (Lipinski definition) is 1. The van der Waals surface area contributed by atoms with Crippen LogP contribution in [0.2, 0.25) is 0 Å². The normalized spacial score (nSPS) is 13.8. The van der Waals surface area contributed by atoms with Crippen LogP contribution in [0.15, 0.2) is 36.5 Å². The van der Waals surface area contributed by atoms with Gasteiger partial charge in [-0.05, 0) is 37.1 Å². The molecule has 0 unspecified atom stereocenters. The molecule has 1 fully saturated rings. The average molecular weight is 399 g/mol. The molecule has 7 heteroatoms. The summed E-state index contributed by atoms with van der Waals surface area (Å²) in [5.74, 6) is 1.97. The average Bonchev–Trinajstić information content (AvgIpc) is 2.77. The molecule has 3 rings (SSSR count). The summed E-state index contributed by atoms with van der Waals surface area (Å²) in [6.45, 7) is 8.33. The highest BCUT2D eigenvalue weighted by Gasteiger charge is 2.14. The molecule has 7 nitrogen and oxygen atoms in total. The van der Waals surface area contributed by atoms with Crippen molar-refractivity contribution in [2.75, 3.05) is 49.7 Å². The zero-order chi connectivity index (χ0) is 20.5. The van der Waals surface area contributed by atoms with Gasteiger partial charge in [-0.15, -0.1) is 0 Å². The van der Waals surface area contributed by atoms with Crippen LogP contribution in [0.1, 0.15) is 37.0 Å². The van der Waals surface area contributed by atoms with Crippen LogP contribution in [-0.4, -0.2) is 50.4 Å². The predicted octanol–water partition coefficient (Wildman–Crippen LogP) is 3.75. The molecule has 1 aliphatic rings. The van der Waals surface area contributed by atoms with E-state index < -0.39 is 0 Å². The monoisotopic (exact) mass is 399 g/mol. The molecule has 0 aliphatic carbocycles. The highest BCUT2D eigenvalue weighted by atomic mass is 16.5. The van der Waals surface area contributed by atoms with Crippen LogP contribution in [0.5, 0.6) is 11.5 Å². The smallest absolute Gasteiger partial charge is 0.257 e. The lowest BCUT2D eigenvalue weighted by Crippen LogP contribution is -2.36. The molecule has 0 spiro atoms. The van der Waals surface area contributed by atoms with Crippen molar-refractivity contribution in [2.45, 2.75) is 26.7 Å². The highest BCUT2D eigenvalue weighted by molar-refractivity contribution is 6.04. The molecule has 29 heavy (non-hydrogen) atoms. The molecule has 156 valence electrons. The standard InChI is InChI=1S/C22H29N3O4/c1-3-11-28-19-7-6-18(15-20(19)29-12-4-2)24-22(26)17-5-8-21(23-16-17)25-9-13-27-14-10-25/h5-8,15-16H,3-4,9-14H2,1-2H3,(H,24,26). The van der Waals surface area contributed by atoms with Crippen molar-refractivity contribution in [2.24, 2.45) is 0 Å². The number of morpholine rings is 1. The van der Waals surface area contributed by atoms with Crippen molar-refractivity contribution < 1.29 is 19.0 Å². The Morgan fingerprint density at radius 2 is 1.79 bits per heavy atom. The van der Waals surface area contributed by atoms with Gasteiger partial charge in [0.15, 0.2) is 11.5 Å². The molecule has 1 aliphatic heterocycles. The van der Waals surface area contributed by atoms with E-state index >= 15 is 0 Å². The van der Waals surface area contributed by atoms with E-state index in [0.29, 0.717) is 49.2 Å². The molecule has 0 radical (unpaired) electrons. The number of nitrogens with zero attached hydrogens (tertiary/aromatic N) is 2. The van der Waals surface area contributed by atoms with Gasteiger partial charge in [-0.1, -0.05) is 13.8 Å². The van der Waals surface area contributed by atoms with Crippen LogP contribution >= 0.6 is 0 Å². The first-order chi connectivity index (χ1) is 14.2. The Kier molecular flexibility index (Phi) is 7.69. The maximum atomic E-state index is 12.6. The third kappa shape index (κ3) is 5.84. The fourth-order valence-corrected chi connectivity index (χ4v) is 2.95. The van der Waals surface area contributed by atoms with Crippen LogP contribution in [0, 0.1) is 0 Å². The van der Waals surface area contributed by atoms with Gasteiger partial charge in [0.25, 0.3) is 5.91 Å². The molecule has 1 amide bonds. The molecule has 0 bridgehead atoms. The fraction of sp³-hybridized carbons (Fsp3) is 0.455. The number of amides is 1. The van der Waals surface area contributed by atoms with Gasteiger partial charge >= 0.3 is 0 Å². The number of ether oxygens (including phenoxy) is 3. The molecule has 2 heterocycles. The van der Waals surface area contributed by atoms with Crippen molar-refractivity contribution in [1.29, 1.82) is 0 Å². The summed E-state index contributed by atoms with van der Waals surface area (Å²) in [5.41, 5.74) is 1.16. The van der Waals surface area contributed by atoms with E-state index in [2.05, 4.69) is 22.1 Å². The van der Waals surface area contributed by atoms with Gasteiger partial charge in [0.1, 0.15) is 5.82 Å². The predicted molar refractivity (Wildman–Crippen MR) is 113 cm³/mol. The van der Waals surface area contributed by atoms with E-state index in [1.54, 1.807) is 18.3 Å². The Bertz CT molecular complexity index is 789. The van der Waals surface area contributed by atoms with Crippen LogP contribution < -0.4 is 19.7 Å². The first kappa shape index (κ1) is 20.9. The Balaban J connectivity index is 1.67. The van der Waals surface area contributed by atoms with E-state index in [-0.39, 0.29) is 5.91 Å². The van der Waals surface area contributed by atoms with Crippen LogP contribution in [0.4, 0.5) is 11.5 Å². The molecular weight excluding hydrogens is 370 g/mol. The van der Waals surface area contributed by atoms with Gasteiger partial charge < -0.3 is 24.4 Å². The van der Waals surface area contributed by atoms with E-state index in [4.69, 9.17) is 14.2 Å². The third-order valence-electron chi connectivity index (χ3n) is 4.47. The molecule has 1 aromatic heterocycles. The van der Waals surface area contributed by atoms with Crippen molar-refractivity contribution in [1.82, 2.24) is 4.98 Å². The quantitative estimate of drug-likeness (QED) is 0.692. The number of anilines is 2. The van der Waals surface area contributed by atoms with Gasteiger partial charge in [-0.2, -0.15) is 0 Å². The van der Waals surface area contributed by atoms with Crippen molar-refractivity contribution in [3.05, 3.63) is 42.1 Å². The lowest BCUT2D eigenvalue weighted by molar-refractivity contribution is 0.102. The maximum Gasteiger partial charge on any atom is 0.257 e. The summed E-state index contributed by atoms with van der Waals surface area (Å²) < 4.78 is 16.9. The molecule has 2 aromatic rings. The topological polar surface area (TPSA) is 72.9 Å². The lowest BCUT2D eigenvalue weighted by atomic mass is 10.2. The van der Waals surface area contributed by atoms with E-state index in [0.717, 1.165) is 31.7 Å². The summed E-state index contributed by atoms with van der Waals surface area (Å²) in [6.07, 6.45) is 3.41. The minimum atomic E-state index is -0.213. The Hall–Kier alpha value is -2.80. The summed E-state index contributed by atoms with van der Waals surface area (Å²) in [7, 11) is 0. The van der Waals surface area contributed by atoms with Crippen LogP contribution in [-0.2, 0) is 4.74 Å².